The minimum Gasteiger partial charge on any atom is -0.427 e. The Balaban J connectivity index is 1.85. The maximum absolute atomic E-state index is 13.8. The molecular weight excluding hydrogens is 263 g/mol. The summed E-state index contributed by atoms with van der Waals surface area (Å²) in [6.45, 7) is 1.71. The second kappa shape index (κ2) is 5.09. The number of aromatic nitrogens is 2. The molecule has 0 bridgehead atoms. The molecule has 3 aliphatic heterocycles. The molecule has 0 spiro atoms. The van der Waals surface area contributed by atoms with E-state index in [1.54, 1.807) is 0 Å². The molecule has 1 saturated heterocycles. The van der Waals surface area contributed by atoms with Crippen molar-refractivity contribution in [1.29, 1.82) is 0 Å². The van der Waals surface area contributed by atoms with Crippen LogP contribution >= 0.6 is 0 Å². The summed E-state index contributed by atoms with van der Waals surface area (Å²) in [5.74, 6) is -0.886. The monoisotopic (exact) mass is 278 g/mol. The number of hydrogen-bond donors (Lipinski definition) is 3. The minimum absolute atomic E-state index is 0.0421. The van der Waals surface area contributed by atoms with Gasteiger partial charge in [-0.1, -0.05) is 0 Å². The molecule has 0 aromatic rings. The number of nitrogens with one attached hydrogen (secondary N) is 2. The van der Waals surface area contributed by atoms with Gasteiger partial charge in [0.25, 0.3) is 5.91 Å². The van der Waals surface area contributed by atoms with Crippen molar-refractivity contribution in [3.63, 3.8) is 0 Å². The summed E-state index contributed by atoms with van der Waals surface area (Å²) >= 11 is 0. The van der Waals surface area contributed by atoms with Crippen LogP contribution in [0.25, 0.3) is 11.4 Å². The molecule has 0 unspecified atom stereocenters. The molecule has 3 N–H and O–H groups in total. The number of carbonyl (C=O) groups is 1. The van der Waals surface area contributed by atoms with Crippen LogP contribution in [-0.2, 0) is 0 Å². The third-order valence-corrected chi connectivity index (χ3v) is 3.55. The van der Waals surface area contributed by atoms with Crippen molar-refractivity contribution in [3.05, 3.63) is 29.8 Å². The number of hydrogen-bond acceptors (Lipinski definition) is 4. The molecule has 7 heteroatoms. The van der Waals surface area contributed by atoms with Crippen LogP contribution in [0, 0.1) is 5.82 Å². The van der Waals surface area contributed by atoms with Crippen molar-refractivity contribution in [2.75, 3.05) is 13.1 Å². The summed E-state index contributed by atoms with van der Waals surface area (Å²) in [4.78, 5) is 16.1. The topological polar surface area (TPSA) is 79.2 Å². The normalized spacial score (nSPS) is 16.4. The van der Waals surface area contributed by atoms with Crippen molar-refractivity contribution < 1.29 is 14.4 Å². The highest BCUT2D eigenvalue weighted by atomic mass is 19.1. The molecule has 0 aromatic carbocycles. The van der Waals surface area contributed by atoms with Gasteiger partial charge in [-0.15, -0.1) is 0 Å². The number of nitrogens with zero attached hydrogens (tertiary/aromatic N) is 2. The molecule has 0 aliphatic carbocycles. The summed E-state index contributed by atoms with van der Waals surface area (Å²) in [5.41, 5.74) is 0.195. The SMILES string of the molecule is O=C(NC1CCNCC1)c1cnc2n(O)ccc(F)c1-2. The van der Waals surface area contributed by atoms with E-state index in [1.165, 1.54) is 6.20 Å². The van der Waals surface area contributed by atoms with Crippen molar-refractivity contribution in [1.82, 2.24) is 20.3 Å². The Kier molecular flexibility index (Phi) is 3.27. The molecule has 20 heavy (non-hydrogen) atoms. The summed E-state index contributed by atoms with van der Waals surface area (Å²) in [7, 11) is 0. The first-order chi connectivity index (χ1) is 9.66. The largest absolute Gasteiger partial charge is 0.427 e. The first kappa shape index (κ1) is 12.9. The Morgan fingerprint density at radius 2 is 2.25 bits per heavy atom. The fraction of sp³-hybridized carbons (Fsp3) is 0.385. The van der Waals surface area contributed by atoms with Crippen LogP contribution in [-0.4, -0.2) is 40.0 Å². The maximum Gasteiger partial charge on any atom is 0.253 e. The highest BCUT2D eigenvalue weighted by molar-refractivity contribution is 6.00. The Bertz CT molecular complexity index is 607. The van der Waals surface area contributed by atoms with Gasteiger partial charge in [-0.2, -0.15) is 4.73 Å². The molecule has 0 aromatic heterocycles. The molecule has 6 nitrogen and oxygen atoms in total. The molecule has 1 amide bonds. The predicted octanol–water partition coefficient (Wildman–Crippen LogP) is 0.846. The summed E-state index contributed by atoms with van der Waals surface area (Å²) in [5, 5.41) is 15.7. The van der Waals surface area contributed by atoms with Crippen LogP contribution in [0.5, 0.6) is 0 Å². The average molecular weight is 278 g/mol. The second-order valence-corrected chi connectivity index (χ2v) is 4.88. The lowest BCUT2D eigenvalue weighted by molar-refractivity contribution is 0.0930. The second-order valence-electron chi connectivity index (χ2n) is 4.88. The molecule has 3 aliphatic rings. The number of amides is 1. The molecule has 3 rings (SSSR count). The molecule has 0 radical (unpaired) electrons. The fourth-order valence-electron chi connectivity index (χ4n) is 2.48. The van der Waals surface area contributed by atoms with Gasteiger partial charge in [0, 0.05) is 18.4 Å². The lowest BCUT2D eigenvalue weighted by Crippen LogP contribution is -2.42. The van der Waals surface area contributed by atoms with Gasteiger partial charge in [0.1, 0.15) is 5.82 Å². The van der Waals surface area contributed by atoms with Crippen molar-refractivity contribution in [2.45, 2.75) is 18.9 Å². The van der Waals surface area contributed by atoms with E-state index in [0.717, 1.165) is 38.2 Å². The molecule has 1 fully saturated rings. The van der Waals surface area contributed by atoms with Gasteiger partial charge in [0.05, 0.1) is 11.1 Å². The number of rotatable bonds is 2. The van der Waals surface area contributed by atoms with Crippen LogP contribution in [0.15, 0.2) is 18.5 Å². The standard InChI is InChI=1S/C13H15FN4O2/c14-10-3-6-18(20)12-11(10)9(7-16-12)13(19)17-8-1-4-15-5-2-8/h3,6-8,15,20H,1-2,4-5H2,(H,17,19). The molecular formula is C13H15FN4O2. The Morgan fingerprint density at radius 3 is 3.00 bits per heavy atom. The summed E-state index contributed by atoms with van der Waals surface area (Å²) in [6, 6.07) is 1.19. The zero-order chi connectivity index (χ0) is 14.1. The van der Waals surface area contributed by atoms with Gasteiger partial charge in [0.15, 0.2) is 5.82 Å². The highest BCUT2D eigenvalue weighted by Gasteiger charge is 2.25. The zero-order valence-electron chi connectivity index (χ0n) is 10.8. The number of pyridine rings is 1. The van der Waals surface area contributed by atoms with E-state index in [4.69, 9.17) is 0 Å². The first-order valence-corrected chi connectivity index (χ1v) is 6.53. The lowest BCUT2D eigenvalue weighted by atomic mass is 10.1. The maximum atomic E-state index is 13.8. The molecule has 0 atom stereocenters. The quantitative estimate of drug-likeness (QED) is 0.711. The van der Waals surface area contributed by atoms with E-state index < -0.39 is 5.82 Å². The van der Waals surface area contributed by atoms with Gasteiger partial charge >= 0.3 is 0 Å². The third kappa shape index (κ3) is 2.20. The van der Waals surface area contributed by atoms with Gasteiger partial charge in [-0.05, 0) is 32.0 Å². The molecule has 3 heterocycles. The zero-order valence-corrected chi connectivity index (χ0v) is 10.8. The average Bonchev–Trinajstić information content (AvgIpc) is 2.90. The smallest absolute Gasteiger partial charge is 0.253 e. The van der Waals surface area contributed by atoms with Crippen molar-refractivity contribution in [3.8, 4) is 11.4 Å². The first-order valence-electron chi connectivity index (χ1n) is 6.53. The van der Waals surface area contributed by atoms with Gasteiger partial charge in [-0.3, -0.25) is 4.79 Å². The van der Waals surface area contributed by atoms with Crippen LogP contribution < -0.4 is 10.6 Å². The van der Waals surface area contributed by atoms with E-state index >= 15 is 0 Å². The van der Waals surface area contributed by atoms with E-state index in [0.29, 0.717) is 4.73 Å². The van der Waals surface area contributed by atoms with E-state index in [-0.39, 0.29) is 28.9 Å². The van der Waals surface area contributed by atoms with E-state index in [9.17, 15) is 14.4 Å². The van der Waals surface area contributed by atoms with Gasteiger partial charge < -0.3 is 15.8 Å². The molecule has 106 valence electrons. The minimum atomic E-state index is -0.571. The Hall–Kier alpha value is -2.15. The number of piperidine rings is 1. The van der Waals surface area contributed by atoms with Gasteiger partial charge in [-0.25, -0.2) is 9.37 Å². The van der Waals surface area contributed by atoms with E-state index in [1.807, 2.05) is 0 Å². The Morgan fingerprint density at radius 1 is 1.50 bits per heavy atom. The van der Waals surface area contributed by atoms with Crippen molar-refractivity contribution in [2.24, 2.45) is 0 Å². The number of fused-ring (bicyclic) bond motifs is 1. The van der Waals surface area contributed by atoms with Crippen molar-refractivity contribution >= 4 is 5.91 Å². The number of carbonyl (C=O) groups excluding carboxylic acids is 1. The third-order valence-electron chi connectivity index (χ3n) is 3.55. The van der Waals surface area contributed by atoms with Crippen LogP contribution in [0.3, 0.4) is 0 Å². The summed E-state index contributed by atoms with van der Waals surface area (Å²) in [6.07, 6.45) is 4.14. The summed E-state index contributed by atoms with van der Waals surface area (Å²) < 4.78 is 14.6. The number of halogens is 1. The molecule has 0 saturated carbocycles. The lowest BCUT2D eigenvalue weighted by Gasteiger charge is -2.23. The highest BCUT2D eigenvalue weighted by Crippen LogP contribution is 2.27. The van der Waals surface area contributed by atoms with Gasteiger partial charge in [0.2, 0.25) is 0 Å². The van der Waals surface area contributed by atoms with Crippen LogP contribution in [0.2, 0.25) is 0 Å². The van der Waals surface area contributed by atoms with E-state index in [2.05, 4.69) is 15.6 Å². The van der Waals surface area contributed by atoms with Crippen LogP contribution in [0.1, 0.15) is 23.2 Å². The predicted molar refractivity (Wildman–Crippen MR) is 69.3 cm³/mol. The van der Waals surface area contributed by atoms with Crippen LogP contribution in [0.4, 0.5) is 4.39 Å². The fourth-order valence-corrected chi connectivity index (χ4v) is 2.48. The Labute approximate surface area is 114 Å².